The third kappa shape index (κ3) is 2.72. The summed E-state index contributed by atoms with van der Waals surface area (Å²) in [6, 6.07) is 0. The van der Waals surface area contributed by atoms with Gasteiger partial charge >= 0.3 is 0 Å². The molecule has 78 valence electrons. The van der Waals surface area contributed by atoms with Crippen LogP contribution in [-0.4, -0.2) is 12.6 Å². The minimum absolute atomic E-state index is 0.0718. The summed E-state index contributed by atoms with van der Waals surface area (Å²) in [6.07, 6.45) is 6.29. The van der Waals surface area contributed by atoms with Crippen LogP contribution in [-0.2, 0) is 9.53 Å². The monoisotopic (exact) mass is 194 g/mol. The third-order valence-corrected chi connectivity index (χ3v) is 2.74. The van der Waals surface area contributed by atoms with Gasteiger partial charge in [0, 0.05) is 0 Å². The Bertz CT molecular complexity index is 261. The first-order valence-electron chi connectivity index (χ1n) is 5.13. The maximum atomic E-state index is 10.2. The van der Waals surface area contributed by atoms with Crippen LogP contribution in [0.4, 0.5) is 0 Å². The molecule has 1 aliphatic carbocycles. The summed E-state index contributed by atoms with van der Waals surface area (Å²) < 4.78 is 4.90. The van der Waals surface area contributed by atoms with E-state index in [9.17, 15) is 4.79 Å². The Hall–Kier alpha value is -1.05. The van der Waals surface area contributed by atoms with E-state index in [1.54, 1.807) is 0 Å². The molecule has 0 saturated heterocycles. The van der Waals surface area contributed by atoms with Gasteiger partial charge in [0.2, 0.25) is 0 Å². The normalized spacial score (nSPS) is 18.6. The Balaban J connectivity index is 2.63. The average Bonchev–Trinajstić information content (AvgIpc) is 2.18. The molecular weight excluding hydrogens is 176 g/mol. The maximum absolute atomic E-state index is 10.2. The minimum Gasteiger partial charge on any atom is -0.460 e. The largest absolute Gasteiger partial charge is 0.460 e. The van der Waals surface area contributed by atoms with Crippen LogP contribution in [0.25, 0.3) is 0 Å². The summed E-state index contributed by atoms with van der Waals surface area (Å²) in [5.41, 5.74) is 2.69. The van der Waals surface area contributed by atoms with Gasteiger partial charge in [-0.3, -0.25) is 4.79 Å². The van der Waals surface area contributed by atoms with E-state index in [1.165, 1.54) is 11.1 Å². The quantitative estimate of drug-likeness (QED) is 0.643. The van der Waals surface area contributed by atoms with Gasteiger partial charge in [0.05, 0.1) is 0 Å². The lowest BCUT2D eigenvalue weighted by Gasteiger charge is -2.20. The minimum atomic E-state index is -0.0718. The lowest BCUT2D eigenvalue weighted by Crippen LogP contribution is -2.13. The van der Waals surface area contributed by atoms with Crippen molar-refractivity contribution in [1.29, 1.82) is 0 Å². The molecule has 0 aromatic rings. The predicted octanol–water partition coefficient (Wildman–Crippen LogP) is 2.85. The number of carbonyl (C=O) groups is 1. The van der Waals surface area contributed by atoms with Gasteiger partial charge in [-0.2, -0.15) is 0 Å². The fraction of sp³-hybridized carbons (Fsp3) is 0.583. The molecule has 1 unspecified atom stereocenters. The molecule has 2 heteroatoms. The zero-order chi connectivity index (χ0) is 10.6. The Kier molecular flexibility index (Phi) is 3.93. The first-order chi connectivity index (χ1) is 6.65. The van der Waals surface area contributed by atoms with Gasteiger partial charge in [0.1, 0.15) is 6.10 Å². The van der Waals surface area contributed by atoms with Crippen molar-refractivity contribution in [3.8, 4) is 0 Å². The van der Waals surface area contributed by atoms with Crippen LogP contribution in [0.5, 0.6) is 0 Å². The van der Waals surface area contributed by atoms with E-state index < -0.39 is 0 Å². The number of hydrogen-bond acceptors (Lipinski definition) is 2. The molecule has 1 atom stereocenters. The molecule has 0 aliphatic heterocycles. The van der Waals surface area contributed by atoms with Crippen molar-refractivity contribution in [2.45, 2.75) is 39.7 Å². The van der Waals surface area contributed by atoms with Crippen molar-refractivity contribution in [3.63, 3.8) is 0 Å². The smallest absolute Gasteiger partial charge is 0.293 e. The van der Waals surface area contributed by atoms with Crippen LogP contribution >= 0.6 is 0 Å². The van der Waals surface area contributed by atoms with E-state index in [1.807, 2.05) is 6.92 Å². The molecule has 1 aliphatic rings. The highest BCUT2D eigenvalue weighted by Crippen LogP contribution is 2.26. The van der Waals surface area contributed by atoms with Gasteiger partial charge in [-0.05, 0) is 31.3 Å². The second kappa shape index (κ2) is 4.99. The topological polar surface area (TPSA) is 26.3 Å². The molecule has 0 radical (unpaired) electrons. The summed E-state index contributed by atoms with van der Waals surface area (Å²) in [6.45, 7) is 6.84. The van der Waals surface area contributed by atoms with E-state index in [0.29, 0.717) is 12.4 Å². The zero-order valence-electron chi connectivity index (χ0n) is 9.12. The molecule has 0 spiro atoms. The Morgan fingerprint density at radius 3 is 2.21 bits per heavy atom. The van der Waals surface area contributed by atoms with Crippen LogP contribution in [0, 0.1) is 5.92 Å². The van der Waals surface area contributed by atoms with E-state index in [4.69, 9.17) is 4.74 Å². The second-order valence-electron chi connectivity index (χ2n) is 4.01. The molecule has 14 heavy (non-hydrogen) atoms. The Morgan fingerprint density at radius 2 is 1.79 bits per heavy atom. The van der Waals surface area contributed by atoms with Crippen molar-refractivity contribution >= 4 is 6.47 Å². The van der Waals surface area contributed by atoms with Crippen molar-refractivity contribution in [1.82, 2.24) is 0 Å². The number of allylic oxidation sites excluding steroid dienone is 3. The van der Waals surface area contributed by atoms with Crippen LogP contribution in [0.1, 0.15) is 33.6 Å². The van der Waals surface area contributed by atoms with Gasteiger partial charge in [-0.15, -0.1) is 0 Å². The summed E-state index contributed by atoms with van der Waals surface area (Å²) in [5.74, 6) is 0.620. The second-order valence-corrected chi connectivity index (χ2v) is 4.01. The molecule has 0 fully saturated rings. The SMILES string of the molecule is CC(C)C1=CC=C(C(C)OC=O)CC1. The van der Waals surface area contributed by atoms with Gasteiger partial charge < -0.3 is 4.74 Å². The van der Waals surface area contributed by atoms with E-state index in [-0.39, 0.29) is 6.10 Å². The highest BCUT2D eigenvalue weighted by atomic mass is 16.5. The van der Waals surface area contributed by atoms with Crippen LogP contribution in [0.15, 0.2) is 23.3 Å². The third-order valence-electron chi connectivity index (χ3n) is 2.74. The van der Waals surface area contributed by atoms with E-state index >= 15 is 0 Å². The standard InChI is InChI=1S/C12H18O2/c1-9(2)11-4-6-12(7-5-11)10(3)14-8-13/h4,6,8-10H,5,7H2,1-3H3. The first kappa shape index (κ1) is 11.0. The predicted molar refractivity (Wildman–Crippen MR) is 56.8 cm³/mol. The fourth-order valence-electron chi connectivity index (χ4n) is 1.66. The molecular formula is C12H18O2. The molecule has 0 aromatic carbocycles. The first-order valence-corrected chi connectivity index (χ1v) is 5.13. The lowest BCUT2D eigenvalue weighted by atomic mass is 9.89. The molecule has 1 rings (SSSR count). The number of hydrogen-bond donors (Lipinski definition) is 0. The summed E-state index contributed by atoms with van der Waals surface area (Å²) >= 11 is 0. The molecule has 0 saturated carbocycles. The molecule has 0 amide bonds. The van der Waals surface area contributed by atoms with Crippen molar-refractivity contribution in [2.24, 2.45) is 5.92 Å². The molecule has 0 bridgehead atoms. The molecule has 0 N–H and O–H groups in total. The van der Waals surface area contributed by atoms with Gasteiger partial charge in [0.15, 0.2) is 0 Å². The van der Waals surface area contributed by atoms with E-state index in [2.05, 4.69) is 26.0 Å². The summed E-state index contributed by atoms with van der Waals surface area (Å²) in [4.78, 5) is 10.2. The summed E-state index contributed by atoms with van der Waals surface area (Å²) in [7, 11) is 0. The highest BCUT2D eigenvalue weighted by Gasteiger charge is 2.14. The van der Waals surface area contributed by atoms with Crippen molar-refractivity contribution in [3.05, 3.63) is 23.3 Å². The average molecular weight is 194 g/mol. The van der Waals surface area contributed by atoms with Crippen LogP contribution in [0.3, 0.4) is 0 Å². The Labute approximate surface area is 85.6 Å². The van der Waals surface area contributed by atoms with Crippen LogP contribution < -0.4 is 0 Å². The van der Waals surface area contributed by atoms with Gasteiger partial charge in [-0.1, -0.05) is 31.6 Å². The van der Waals surface area contributed by atoms with Gasteiger partial charge in [-0.25, -0.2) is 0 Å². The molecule has 2 nitrogen and oxygen atoms in total. The summed E-state index contributed by atoms with van der Waals surface area (Å²) in [5, 5.41) is 0. The zero-order valence-corrected chi connectivity index (χ0v) is 9.12. The fourth-order valence-corrected chi connectivity index (χ4v) is 1.66. The molecule has 0 heterocycles. The lowest BCUT2D eigenvalue weighted by molar-refractivity contribution is -0.131. The number of rotatable bonds is 4. The Morgan fingerprint density at radius 1 is 1.21 bits per heavy atom. The highest BCUT2D eigenvalue weighted by molar-refractivity contribution is 5.39. The van der Waals surface area contributed by atoms with Crippen molar-refractivity contribution < 1.29 is 9.53 Å². The molecule has 0 aromatic heterocycles. The number of ether oxygens (including phenoxy) is 1. The van der Waals surface area contributed by atoms with Crippen LogP contribution in [0.2, 0.25) is 0 Å². The van der Waals surface area contributed by atoms with E-state index in [0.717, 1.165) is 12.8 Å². The van der Waals surface area contributed by atoms with Crippen molar-refractivity contribution in [2.75, 3.05) is 0 Å². The maximum Gasteiger partial charge on any atom is 0.293 e. The van der Waals surface area contributed by atoms with Gasteiger partial charge in [0.25, 0.3) is 6.47 Å². The number of carbonyl (C=O) groups excluding carboxylic acids is 1.